The Bertz CT molecular complexity index is 412. The van der Waals surface area contributed by atoms with E-state index < -0.39 is 11.7 Å². The van der Waals surface area contributed by atoms with E-state index in [1.165, 1.54) is 0 Å². The van der Waals surface area contributed by atoms with Crippen molar-refractivity contribution in [2.75, 3.05) is 0 Å². The van der Waals surface area contributed by atoms with Crippen molar-refractivity contribution >= 4 is 23.3 Å². The SMILES string of the molecule is CC(C)C(=O)C(=O)NC(C)c1ccc(Cl)cc1. The second-order valence-electron chi connectivity index (χ2n) is 4.27. The minimum absolute atomic E-state index is 0.206. The average molecular weight is 254 g/mol. The molecule has 1 unspecified atom stereocenters. The van der Waals surface area contributed by atoms with Crippen molar-refractivity contribution in [3.05, 3.63) is 34.9 Å². The fraction of sp³-hybridized carbons (Fsp3) is 0.385. The predicted octanol–water partition coefficient (Wildman–Crippen LogP) is 2.74. The van der Waals surface area contributed by atoms with Gasteiger partial charge in [0, 0.05) is 10.9 Å². The molecule has 3 nitrogen and oxygen atoms in total. The Morgan fingerprint density at radius 2 is 1.65 bits per heavy atom. The summed E-state index contributed by atoms with van der Waals surface area (Å²) < 4.78 is 0. The van der Waals surface area contributed by atoms with Crippen LogP contribution in [0.5, 0.6) is 0 Å². The fourth-order valence-electron chi connectivity index (χ4n) is 1.36. The van der Waals surface area contributed by atoms with Crippen molar-refractivity contribution in [3.63, 3.8) is 0 Å². The molecule has 4 heteroatoms. The minimum Gasteiger partial charge on any atom is -0.343 e. The molecule has 0 fully saturated rings. The average Bonchev–Trinajstić information content (AvgIpc) is 2.28. The van der Waals surface area contributed by atoms with E-state index in [9.17, 15) is 9.59 Å². The van der Waals surface area contributed by atoms with Crippen LogP contribution in [0.25, 0.3) is 0 Å². The number of carbonyl (C=O) groups is 2. The topological polar surface area (TPSA) is 46.2 Å². The maximum atomic E-state index is 11.5. The van der Waals surface area contributed by atoms with Gasteiger partial charge in [0.1, 0.15) is 0 Å². The lowest BCUT2D eigenvalue weighted by molar-refractivity contribution is -0.140. The number of halogens is 1. The van der Waals surface area contributed by atoms with Crippen LogP contribution in [-0.2, 0) is 9.59 Å². The number of hydrogen-bond acceptors (Lipinski definition) is 2. The number of rotatable bonds is 4. The Balaban J connectivity index is 2.66. The van der Waals surface area contributed by atoms with Crippen molar-refractivity contribution in [1.82, 2.24) is 5.32 Å². The summed E-state index contributed by atoms with van der Waals surface area (Å²) >= 11 is 5.77. The van der Waals surface area contributed by atoms with Gasteiger partial charge in [0.2, 0.25) is 5.78 Å². The highest BCUT2D eigenvalue weighted by Gasteiger charge is 2.19. The predicted molar refractivity (Wildman–Crippen MR) is 67.9 cm³/mol. The van der Waals surface area contributed by atoms with Gasteiger partial charge in [-0.15, -0.1) is 0 Å². The number of amides is 1. The van der Waals surface area contributed by atoms with Crippen molar-refractivity contribution in [2.24, 2.45) is 5.92 Å². The van der Waals surface area contributed by atoms with E-state index in [0.717, 1.165) is 5.56 Å². The fourth-order valence-corrected chi connectivity index (χ4v) is 1.49. The normalized spacial score (nSPS) is 12.3. The molecule has 1 amide bonds. The summed E-state index contributed by atoms with van der Waals surface area (Å²) in [6, 6.07) is 6.95. The molecular formula is C13H16ClNO2. The molecule has 0 heterocycles. The van der Waals surface area contributed by atoms with Crippen molar-refractivity contribution < 1.29 is 9.59 Å². The monoisotopic (exact) mass is 253 g/mol. The Hall–Kier alpha value is -1.35. The molecule has 0 bridgehead atoms. The molecule has 1 aromatic rings. The molecule has 0 aliphatic carbocycles. The third-order valence-corrected chi connectivity index (χ3v) is 2.72. The molecule has 0 aliphatic heterocycles. The van der Waals surface area contributed by atoms with Gasteiger partial charge in [0.15, 0.2) is 0 Å². The summed E-state index contributed by atoms with van der Waals surface area (Å²) in [5.41, 5.74) is 0.916. The Labute approximate surface area is 106 Å². The van der Waals surface area contributed by atoms with E-state index >= 15 is 0 Å². The molecule has 0 aromatic heterocycles. The summed E-state index contributed by atoms with van der Waals surface area (Å²) in [5, 5.41) is 3.31. The van der Waals surface area contributed by atoms with Gasteiger partial charge in [-0.2, -0.15) is 0 Å². The van der Waals surface area contributed by atoms with Crippen LogP contribution in [0.15, 0.2) is 24.3 Å². The van der Waals surface area contributed by atoms with E-state index in [-0.39, 0.29) is 12.0 Å². The molecule has 1 atom stereocenters. The molecule has 1 N–H and O–H groups in total. The van der Waals surface area contributed by atoms with Crippen LogP contribution < -0.4 is 5.32 Å². The Morgan fingerprint density at radius 3 is 2.12 bits per heavy atom. The van der Waals surface area contributed by atoms with Gasteiger partial charge in [-0.05, 0) is 24.6 Å². The van der Waals surface area contributed by atoms with Crippen molar-refractivity contribution in [1.29, 1.82) is 0 Å². The van der Waals surface area contributed by atoms with E-state index in [2.05, 4.69) is 5.32 Å². The van der Waals surface area contributed by atoms with Crippen LogP contribution >= 0.6 is 11.6 Å². The van der Waals surface area contributed by atoms with Gasteiger partial charge in [-0.1, -0.05) is 37.6 Å². The van der Waals surface area contributed by atoms with Crippen LogP contribution in [0.2, 0.25) is 5.02 Å². The van der Waals surface area contributed by atoms with Crippen LogP contribution in [0.3, 0.4) is 0 Å². The largest absolute Gasteiger partial charge is 0.343 e. The molecule has 0 saturated heterocycles. The van der Waals surface area contributed by atoms with Crippen LogP contribution in [0.1, 0.15) is 32.4 Å². The quantitative estimate of drug-likeness (QED) is 0.839. The van der Waals surface area contributed by atoms with Gasteiger partial charge in [0.05, 0.1) is 6.04 Å². The van der Waals surface area contributed by atoms with Crippen LogP contribution in [0, 0.1) is 5.92 Å². The third-order valence-electron chi connectivity index (χ3n) is 2.47. The molecule has 0 saturated carbocycles. The van der Waals surface area contributed by atoms with E-state index in [4.69, 9.17) is 11.6 Å². The zero-order valence-electron chi connectivity index (χ0n) is 10.2. The summed E-state index contributed by atoms with van der Waals surface area (Å²) in [6.45, 7) is 5.23. The number of ketones is 1. The van der Waals surface area contributed by atoms with E-state index in [0.29, 0.717) is 5.02 Å². The van der Waals surface area contributed by atoms with E-state index in [1.807, 2.05) is 19.1 Å². The first-order valence-electron chi connectivity index (χ1n) is 5.52. The molecule has 1 aromatic carbocycles. The van der Waals surface area contributed by atoms with Crippen LogP contribution in [-0.4, -0.2) is 11.7 Å². The highest BCUT2D eigenvalue weighted by molar-refractivity contribution is 6.36. The first-order chi connectivity index (χ1) is 7.91. The summed E-state index contributed by atoms with van der Waals surface area (Å²) in [6.07, 6.45) is 0. The van der Waals surface area contributed by atoms with Crippen molar-refractivity contribution in [2.45, 2.75) is 26.8 Å². The second-order valence-corrected chi connectivity index (χ2v) is 4.70. The lowest BCUT2D eigenvalue weighted by Gasteiger charge is -2.14. The standard InChI is InChI=1S/C13H16ClNO2/c1-8(2)12(16)13(17)15-9(3)10-4-6-11(14)7-5-10/h4-9H,1-3H3,(H,15,17). The number of hydrogen-bond donors (Lipinski definition) is 1. The number of benzene rings is 1. The first kappa shape index (κ1) is 13.7. The minimum atomic E-state index is -0.539. The maximum Gasteiger partial charge on any atom is 0.288 e. The third kappa shape index (κ3) is 3.86. The highest BCUT2D eigenvalue weighted by atomic mass is 35.5. The second kappa shape index (κ2) is 5.82. The smallest absolute Gasteiger partial charge is 0.288 e. The summed E-state index contributed by atoms with van der Waals surface area (Å²) in [4.78, 5) is 23.0. The number of Topliss-reactive ketones (excluding diaryl/α,β-unsaturated/α-hetero) is 1. The van der Waals surface area contributed by atoms with Crippen LogP contribution in [0.4, 0.5) is 0 Å². The molecule has 0 radical (unpaired) electrons. The van der Waals surface area contributed by atoms with Gasteiger partial charge in [-0.25, -0.2) is 0 Å². The lowest BCUT2D eigenvalue weighted by atomic mass is 10.1. The Morgan fingerprint density at radius 1 is 1.12 bits per heavy atom. The number of nitrogens with one attached hydrogen (secondary N) is 1. The molecule has 92 valence electrons. The lowest BCUT2D eigenvalue weighted by Crippen LogP contribution is -2.35. The zero-order valence-corrected chi connectivity index (χ0v) is 10.9. The summed E-state index contributed by atoms with van der Waals surface area (Å²) in [7, 11) is 0. The van der Waals surface area contributed by atoms with Crippen molar-refractivity contribution in [3.8, 4) is 0 Å². The van der Waals surface area contributed by atoms with E-state index in [1.54, 1.807) is 26.0 Å². The zero-order chi connectivity index (χ0) is 13.0. The maximum absolute atomic E-state index is 11.5. The molecule has 0 aliphatic rings. The van der Waals surface area contributed by atoms with Gasteiger partial charge in [-0.3, -0.25) is 9.59 Å². The summed E-state index contributed by atoms with van der Waals surface area (Å²) in [5.74, 6) is -1.22. The highest BCUT2D eigenvalue weighted by Crippen LogP contribution is 2.16. The molecular weight excluding hydrogens is 238 g/mol. The molecule has 1 rings (SSSR count). The molecule has 0 spiro atoms. The Kier molecular flexibility index (Phi) is 4.70. The molecule has 17 heavy (non-hydrogen) atoms. The van der Waals surface area contributed by atoms with Gasteiger partial charge >= 0.3 is 0 Å². The van der Waals surface area contributed by atoms with Gasteiger partial charge < -0.3 is 5.32 Å². The number of carbonyl (C=O) groups excluding carboxylic acids is 2. The first-order valence-corrected chi connectivity index (χ1v) is 5.89. The van der Waals surface area contributed by atoms with Gasteiger partial charge in [0.25, 0.3) is 5.91 Å².